The summed E-state index contributed by atoms with van der Waals surface area (Å²) in [5.41, 5.74) is 1.12. The third kappa shape index (κ3) is 6.17. The minimum Gasteiger partial charge on any atom is -0.494 e. The number of ether oxygens (including phenoxy) is 1. The van der Waals surface area contributed by atoms with Crippen LogP contribution in [0, 0.1) is 0 Å². The van der Waals surface area contributed by atoms with Crippen molar-refractivity contribution in [1.82, 2.24) is 0 Å². The maximum absolute atomic E-state index is 10.7. The molecule has 1 aromatic carbocycles. The lowest BCUT2D eigenvalue weighted by Crippen LogP contribution is -1.94. The standard InChI is InChI=1S/C14H18O2S/c1-3-10-16-14-8-6-13(7-9-14)5-4-11-17-12(2)15/h4-9H,3,10-11H2,1-2H3. The Balaban J connectivity index is 2.42. The average Bonchev–Trinajstić information content (AvgIpc) is 2.33. The molecule has 0 spiro atoms. The van der Waals surface area contributed by atoms with Crippen LogP contribution in [0.15, 0.2) is 30.3 Å². The van der Waals surface area contributed by atoms with Gasteiger partial charge in [0.2, 0.25) is 0 Å². The fraction of sp³-hybridized carbons (Fsp3) is 0.357. The van der Waals surface area contributed by atoms with Crippen LogP contribution in [0.2, 0.25) is 0 Å². The van der Waals surface area contributed by atoms with Gasteiger partial charge in [-0.25, -0.2) is 0 Å². The lowest BCUT2D eigenvalue weighted by atomic mass is 10.2. The Labute approximate surface area is 107 Å². The van der Waals surface area contributed by atoms with Gasteiger partial charge in [-0.05, 0) is 24.1 Å². The molecule has 0 fully saturated rings. The van der Waals surface area contributed by atoms with E-state index in [0.29, 0.717) is 0 Å². The molecule has 17 heavy (non-hydrogen) atoms. The summed E-state index contributed by atoms with van der Waals surface area (Å²) < 4.78 is 5.49. The van der Waals surface area contributed by atoms with E-state index < -0.39 is 0 Å². The van der Waals surface area contributed by atoms with Crippen LogP contribution in [-0.2, 0) is 4.79 Å². The normalized spacial score (nSPS) is 10.7. The number of carbonyl (C=O) groups is 1. The van der Waals surface area contributed by atoms with Crippen molar-refractivity contribution in [1.29, 1.82) is 0 Å². The highest BCUT2D eigenvalue weighted by Crippen LogP contribution is 2.13. The van der Waals surface area contributed by atoms with Crippen LogP contribution in [0.1, 0.15) is 25.8 Å². The SMILES string of the molecule is CCCOc1ccc(C=CCSC(C)=O)cc1. The van der Waals surface area contributed by atoms with Crippen LogP contribution >= 0.6 is 11.8 Å². The molecule has 0 aliphatic carbocycles. The summed E-state index contributed by atoms with van der Waals surface area (Å²) in [5, 5.41) is 0.151. The zero-order chi connectivity index (χ0) is 12.5. The van der Waals surface area contributed by atoms with Crippen molar-refractivity contribution >= 4 is 23.0 Å². The van der Waals surface area contributed by atoms with E-state index in [1.54, 1.807) is 6.92 Å². The minimum absolute atomic E-state index is 0.151. The van der Waals surface area contributed by atoms with Gasteiger partial charge in [-0.3, -0.25) is 4.79 Å². The molecule has 92 valence electrons. The minimum atomic E-state index is 0.151. The highest BCUT2D eigenvalue weighted by atomic mass is 32.2. The zero-order valence-electron chi connectivity index (χ0n) is 10.3. The van der Waals surface area contributed by atoms with E-state index in [0.717, 1.165) is 30.1 Å². The Morgan fingerprint density at radius 2 is 2.06 bits per heavy atom. The third-order valence-corrected chi connectivity index (χ3v) is 2.81. The van der Waals surface area contributed by atoms with Gasteiger partial charge in [0.1, 0.15) is 5.75 Å². The summed E-state index contributed by atoms with van der Waals surface area (Å²) in [6.45, 7) is 4.42. The van der Waals surface area contributed by atoms with Gasteiger partial charge < -0.3 is 4.74 Å². The Bertz CT molecular complexity index is 368. The number of hydrogen-bond acceptors (Lipinski definition) is 3. The molecular weight excluding hydrogens is 232 g/mol. The number of hydrogen-bond donors (Lipinski definition) is 0. The van der Waals surface area contributed by atoms with E-state index in [1.807, 2.05) is 36.4 Å². The number of thioether (sulfide) groups is 1. The first-order valence-electron chi connectivity index (χ1n) is 5.75. The van der Waals surface area contributed by atoms with Crippen LogP contribution in [0.5, 0.6) is 5.75 Å². The van der Waals surface area contributed by atoms with Crippen LogP contribution in [-0.4, -0.2) is 17.5 Å². The van der Waals surface area contributed by atoms with Crippen molar-refractivity contribution in [3.05, 3.63) is 35.9 Å². The third-order valence-electron chi connectivity index (χ3n) is 2.05. The van der Waals surface area contributed by atoms with Gasteiger partial charge >= 0.3 is 0 Å². The topological polar surface area (TPSA) is 26.3 Å². The van der Waals surface area contributed by atoms with Crippen LogP contribution < -0.4 is 4.74 Å². The molecule has 0 atom stereocenters. The molecule has 0 aliphatic rings. The largest absolute Gasteiger partial charge is 0.494 e. The van der Waals surface area contributed by atoms with Crippen molar-refractivity contribution in [2.45, 2.75) is 20.3 Å². The van der Waals surface area contributed by atoms with Crippen molar-refractivity contribution < 1.29 is 9.53 Å². The molecule has 2 nitrogen and oxygen atoms in total. The van der Waals surface area contributed by atoms with Gasteiger partial charge in [-0.15, -0.1) is 0 Å². The molecule has 0 heterocycles. The number of rotatable bonds is 6. The monoisotopic (exact) mass is 250 g/mol. The molecule has 1 aromatic rings. The van der Waals surface area contributed by atoms with Crippen molar-refractivity contribution in [2.24, 2.45) is 0 Å². The summed E-state index contributed by atoms with van der Waals surface area (Å²) >= 11 is 1.31. The first-order chi connectivity index (χ1) is 8.22. The Morgan fingerprint density at radius 1 is 1.35 bits per heavy atom. The molecule has 0 bridgehead atoms. The van der Waals surface area contributed by atoms with Gasteiger partial charge in [0.25, 0.3) is 0 Å². The van der Waals surface area contributed by atoms with Gasteiger partial charge in [-0.2, -0.15) is 0 Å². The maximum atomic E-state index is 10.7. The van der Waals surface area contributed by atoms with Crippen molar-refractivity contribution in [3.8, 4) is 5.75 Å². The zero-order valence-corrected chi connectivity index (χ0v) is 11.1. The maximum Gasteiger partial charge on any atom is 0.186 e. The van der Waals surface area contributed by atoms with E-state index in [4.69, 9.17) is 4.74 Å². The Hall–Kier alpha value is -1.22. The van der Waals surface area contributed by atoms with Gasteiger partial charge in [0.15, 0.2) is 5.12 Å². The van der Waals surface area contributed by atoms with Gasteiger partial charge in [0.05, 0.1) is 6.61 Å². The average molecular weight is 250 g/mol. The van der Waals surface area contributed by atoms with Crippen molar-refractivity contribution in [3.63, 3.8) is 0 Å². The molecule has 0 unspecified atom stereocenters. The lowest BCUT2D eigenvalue weighted by molar-refractivity contribution is -0.109. The molecule has 0 N–H and O–H groups in total. The lowest BCUT2D eigenvalue weighted by Gasteiger charge is -2.03. The van der Waals surface area contributed by atoms with Crippen LogP contribution in [0.3, 0.4) is 0 Å². The summed E-state index contributed by atoms with van der Waals surface area (Å²) in [7, 11) is 0. The smallest absolute Gasteiger partial charge is 0.186 e. The summed E-state index contributed by atoms with van der Waals surface area (Å²) in [6.07, 6.45) is 5.03. The molecule has 0 aromatic heterocycles. The van der Waals surface area contributed by atoms with E-state index in [2.05, 4.69) is 6.92 Å². The molecule has 0 saturated heterocycles. The molecule has 0 aliphatic heterocycles. The van der Waals surface area contributed by atoms with Crippen LogP contribution in [0.25, 0.3) is 6.08 Å². The first kappa shape index (κ1) is 13.8. The Morgan fingerprint density at radius 3 is 2.65 bits per heavy atom. The summed E-state index contributed by atoms with van der Waals surface area (Å²) in [6, 6.07) is 7.96. The van der Waals surface area contributed by atoms with E-state index in [1.165, 1.54) is 11.8 Å². The van der Waals surface area contributed by atoms with E-state index >= 15 is 0 Å². The molecular formula is C14H18O2S. The van der Waals surface area contributed by atoms with E-state index in [-0.39, 0.29) is 5.12 Å². The highest BCUT2D eigenvalue weighted by Gasteiger charge is 1.93. The highest BCUT2D eigenvalue weighted by molar-refractivity contribution is 8.13. The first-order valence-corrected chi connectivity index (χ1v) is 6.73. The quantitative estimate of drug-likeness (QED) is 0.768. The van der Waals surface area contributed by atoms with E-state index in [9.17, 15) is 4.79 Å². The second kappa shape index (κ2) is 7.96. The second-order valence-electron chi connectivity index (χ2n) is 3.62. The summed E-state index contributed by atoms with van der Waals surface area (Å²) in [4.78, 5) is 10.7. The molecule has 1 rings (SSSR count). The Kier molecular flexibility index (Phi) is 6.48. The molecule has 3 heteroatoms. The number of benzene rings is 1. The fourth-order valence-electron chi connectivity index (χ4n) is 1.24. The van der Waals surface area contributed by atoms with Gasteiger partial charge in [-0.1, -0.05) is 43.0 Å². The predicted octanol–water partition coefficient (Wildman–Crippen LogP) is 3.77. The fourth-order valence-corrected chi connectivity index (χ4v) is 1.67. The summed E-state index contributed by atoms with van der Waals surface area (Å²) in [5.74, 6) is 1.63. The molecule has 0 radical (unpaired) electrons. The molecule has 0 amide bonds. The van der Waals surface area contributed by atoms with Crippen LogP contribution in [0.4, 0.5) is 0 Å². The predicted molar refractivity (Wildman–Crippen MR) is 74.4 cm³/mol. The van der Waals surface area contributed by atoms with Gasteiger partial charge in [0, 0.05) is 12.7 Å². The molecule has 0 saturated carbocycles. The second-order valence-corrected chi connectivity index (χ2v) is 4.82. The number of carbonyl (C=O) groups excluding carboxylic acids is 1. The van der Waals surface area contributed by atoms with Crippen molar-refractivity contribution in [2.75, 3.05) is 12.4 Å².